The Morgan fingerprint density at radius 1 is 1.00 bits per heavy atom. The fourth-order valence-corrected chi connectivity index (χ4v) is 3.07. The molecule has 5 nitrogen and oxygen atoms in total. The Labute approximate surface area is 165 Å². The third-order valence-electron chi connectivity index (χ3n) is 4.03. The molecule has 0 aliphatic heterocycles. The van der Waals surface area contributed by atoms with Crippen molar-refractivity contribution in [3.8, 4) is 5.75 Å². The molecule has 1 atom stereocenters. The molecule has 3 aromatic rings. The van der Waals surface area contributed by atoms with Crippen molar-refractivity contribution in [1.29, 1.82) is 0 Å². The number of carbonyl (C=O) groups excluding carboxylic acids is 2. The summed E-state index contributed by atoms with van der Waals surface area (Å²) >= 11 is 3.35. The van der Waals surface area contributed by atoms with Gasteiger partial charge in [0.1, 0.15) is 5.75 Å². The second-order valence-corrected chi connectivity index (χ2v) is 6.99. The minimum atomic E-state index is -0.753. The Bertz CT molecular complexity index is 969. The molecular formula is C21H19BrN2O3. The van der Waals surface area contributed by atoms with Crippen LogP contribution in [0.25, 0.3) is 10.8 Å². The molecule has 0 saturated heterocycles. The monoisotopic (exact) mass is 426 g/mol. The van der Waals surface area contributed by atoms with E-state index in [4.69, 9.17) is 4.74 Å². The fourth-order valence-electron chi connectivity index (χ4n) is 2.69. The van der Waals surface area contributed by atoms with Crippen LogP contribution in [0.5, 0.6) is 5.75 Å². The maximum Gasteiger partial charge on any atom is 0.279 e. The summed E-state index contributed by atoms with van der Waals surface area (Å²) in [6.07, 6.45) is -0.583. The number of hydrogen-bond acceptors (Lipinski definition) is 3. The van der Waals surface area contributed by atoms with E-state index < -0.39 is 12.0 Å². The lowest BCUT2D eigenvalue weighted by atomic mass is 10.0. The van der Waals surface area contributed by atoms with Gasteiger partial charge in [-0.1, -0.05) is 64.5 Å². The van der Waals surface area contributed by atoms with E-state index in [1.54, 1.807) is 19.1 Å². The molecule has 6 heteroatoms. The summed E-state index contributed by atoms with van der Waals surface area (Å²) in [5.41, 5.74) is 5.76. The second kappa shape index (κ2) is 8.68. The number of amides is 2. The highest BCUT2D eigenvalue weighted by atomic mass is 79.9. The normalized spacial score (nSPS) is 11.6. The second-order valence-electron chi connectivity index (χ2n) is 6.07. The van der Waals surface area contributed by atoms with E-state index in [1.165, 1.54) is 0 Å². The molecule has 0 aliphatic carbocycles. The number of hydrazine groups is 1. The molecule has 2 amide bonds. The maximum atomic E-state index is 12.2. The van der Waals surface area contributed by atoms with Crippen molar-refractivity contribution >= 4 is 38.5 Å². The van der Waals surface area contributed by atoms with Crippen molar-refractivity contribution < 1.29 is 14.3 Å². The zero-order valence-corrected chi connectivity index (χ0v) is 16.3. The predicted octanol–water partition coefficient (Wildman–Crippen LogP) is 3.76. The number of rotatable bonds is 5. The first-order valence-electron chi connectivity index (χ1n) is 8.50. The molecule has 2 N–H and O–H groups in total. The Morgan fingerprint density at radius 3 is 2.56 bits per heavy atom. The van der Waals surface area contributed by atoms with Crippen LogP contribution < -0.4 is 15.6 Å². The predicted molar refractivity (Wildman–Crippen MR) is 108 cm³/mol. The first-order chi connectivity index (χ1) is 13.0. The van der Waals surface area contributed by atoms with Crippen molar-refractivity contribution in [3.05, 3.63) is 76.8 Å². The number of halogens is 1. The van der Waals surface area contributed by atoms with Gasteiger partial charge in [-0.05, 0) is 41.5 Å². The molecule has 0 aliphatic rings. The molecule has 0 bridgehead atoms. The van der Waals surface area contributed by atoms with Gasteiger partial charge in [0.25, 0.3) is 5.91 Å². The van der Waals surface area contributed by atoms with E-state index in [0.29, 0.717) is 5.75 Å². The van der Waals surface area contributed by atoms with Crippen LogP contribution in [0.1, 0.15) is 12.5 Å². The number of benzene rings is 3. The fraction of sp³-hybridized carbons (Fsp3) is 0.143. The van der Waals surface area contributed by atoms with E-state index in [9.17, 15) is 9.59 Å². The van der Waals surface area contributed by atoms with E-state index in [1.807, 2.05) is 54.6 Å². The third kappa shape index (κ3) is 5.08. The van der Waals surface area contributed by atoms with Gasteiger partial charge in [0, 0.05) is 4.47 Å². The Morgan fingerprint density at radius 2 is 1.74 bits per heavy atom. The smallest absolute Gasteiger partial charge is 0.279 e. The van der Waals surface area contributed by atoms with E-state index in [-0.39, 0.29) is 12.3 Å². The largest absolute Gasteiger partial charge is 0.481 e. The molecule has 0 heterocycles. The van der Waals surface area contributed by atoms with Gasteiger partial charge < -0.3 is 4.74 Å². The van der Waals surface area contributed by atoms with Crippen molar-refractivity contribution in [2.24, 2.45) is 0 Å². The van der Waals surface area contributed by atoms with Gasteiger partial charge in [0.15, 0.2) is 6.10 Å². The zero-order chi connectivity index (χ0) is 19.2. The lowest BCUT2D eigenvalue weighted by Gasteiger charge is -2.15. The van der Waals surface area contributed by atoms with Crippen LogP contribution in [0.2, 0.25) is 0 Å². The standard InChI is InChI=1S/C21H19BrN2O3/c1-14(27-18-10-5-9-17(22)13-18)21(26)24-23-20(25)12-16-8-4-7-15-6-2-3-11-19(15)16/h2-11,13-14H,12H2,1H3,(H,23,25)(H,24,26). The van der Waals surface area contributed by atoms with E-state index in [2.05, 4.69) is 26.8 Å². The highest BCUT2D eigenvalue weighted by molar-refractivity contribution is 9.10. The Balaban J connectivity index is 1.54. The van der Waals surface area contributed by atoms with Crippen LogP contribution >= 0.6 is 15.9 Å². The Kier molecular flexibility index (Phi) is 6.08. The number of hydrogen-bond donors (Lipinski definition) is 2. The summed E-state index contributed by atoms with van der Waals surface area (Å²) in [4.78, 5) is 24.4. The van der Waals surface area contributed by atoms with Gasteiger partial charge in [-0.2, -0.15) is 0 Å². The average Bonchev–Trinajstić information content (AvgIpc) is 2.66. The van der Waals surface area contributed by atoms with Gasteiger partial charge in [0.05, 0.1) is 6.42 Å². The number of fused-ring (bicyclic) bond motifs is 1. The summed E-state index contributed by atoms with van der Waals surface area (Å²) in [5, 5.41) is 2.09. The molecular weight excluding hydrogens is 408 g/mol. The quantitative estimate of drug-likeness (QED) is 0.610. The molecule has 0 saturated carbocycles. The van der Waals surface area contributed by atoms with Crippen LogP contribution in [0, 0.1) is 0 Å². The molecule has 0 spiro atoms. The molecule has 3 rings (SSSR count). The van der Waals surface area contributed by atoms with Crippen LogP contribution in [0.3, 0.4) is 0 Å². The van der Waals surface area contributed by atoms with Gasteiger partial charge in [-0.15, -0.1) is 0 Å². The molecule has 0 aromatic heterocycles. The third-order valence-corrected chi connectivity index (χ3v) is 4.53. The SMILES string of the molecule is CC(Oc1cccc(Br)c1)C(=O)NNC(=O)Cc1cccc2ccccc12. The van der Waals surface area contributed by atoms with Crippen molar-refractivity contribution in [2.75, 3.05) is 0 Å². The maximum absolute atomic E-state index is 12.2. The average molecular weight is 427 g/mol. The lowest BCUT2D eigenvalue weighted by molar-refractivity contribution is -0.132. The topological polar surface area (TPSA) is 67.4 Å². The minimum absolute atomic E-state index is 0.169. The molecule has 27 heavy (non-hydrogen) atoms. The van der Waals surface area contributed by atoms with Gasteiger partial charge in [-0.25, -0.2) is 0 Å². The van der Waals surface area contributed by atoms with Crippen LogP contribution in [0.15, 0.2) is 71.2 Å². The summed E-state index contributed by atoms with van der Waals surface area (Å²) in [6.45, 7) is 1.62. The highest BCUT2D eigenvalue weighted by Crippen LogP contribution is 2.19. The Hall–Kier alpha value is -2.86. The molecule has 1 unspecified atom stereocenters. The van der Waals surface area contributed by atoms with E-state index in [0.717, 1.165) is 20.8 Å². The molecule has 3 aromatic carbocycles. The lowest BCUT2D eigenvalue weighted by Crippen LogP contribution is -2.47. The number of carbonyl (C=O) groups is 2. The minimum Gasteiger partial charge on any atom is -0.481 e. The summed E-state index contributed by atoms with van der Waals surface area (Å²) in [7, 11) is 0. The van der Waals surface area contributed by atoms with Crippen LogP contribution in [-0.4, -0.2) is 17.9 Å². The van der Waals surface area contributed by atoms with Crippen molar-refractivity contribution in [2.45, 2.75) is 19.4 Å². The van der Waals surface area contributed by atoms with Crippen molar-refractivity contribution in [1.82, 2.24) is 10.9 Å². The number of nitrogens with one attached hydrogen (secondary N) is 2. The summed E-state index contributed by atoms with van der Waals surface area (Å²) in [5.74, 6) is -0.162. The number of ether oxygens (including phenoxy) is 1. The molecule has 138 valence electrons. The van der Waals surface area contributed by atoms with Crippen LogP contribution in [-0.2, 0) is 16.0 Å². The molecule has 0 radical (unpaired) electrons. The first kappa shape index (κ1) is 18.9. The van der Waals surface area contributed by atoms with Crippen LogP contribution in [0.4, 0.5) is 0 Å². The van der Waals surface area contributed by atoms with Gasteiger partial charge in [-0.3, -0.25) is 20.4 Å². The highest BCUT2D eigenvalue weighted by Gasteiger charge is 2.16. The molecule has 0 fully saturated rings. The summed E-state index contributed by atoms with van der Waals surface area (Å²) < 4.78 is 6.43. The first-order valence-corrected chi connectivity index (χ1v) is 9.30. The van der Waals surface area contributed by atoms with Gasteiger partial charge in [0.2, 0.25) is 5.91 Å². The van der Waals surface area contributed by atoms with E-state index >= 15 is 0 Å². The van der Waals surface area contributed by atoms with Crippen molar-refractivity contribution in [3.63, 3.8) is 0 Å². The van der Waals surface area contributed by atoms with Gasteiger partial charge >= 0.3 is 0 Å². The summed E-state index contributed by atoms with van der Waals surface area (Å²) in [6, 6.07) is 20.9. The zero-order valence-electron chi connectivity index (χ0n) is 14.7.